The number of rotatable bonds is 3. The van der Waals surface area contributed by atoms with Crippen LogP contribution in [0.1, 0.15) is 11.1 Å². The Bertz CT molecular complexity index is 689. The molecule has 110 valence electrons. The van der Waals surface area contributed by atoms with Gasteiger partial charge in [-0.15, -0.1) is 0 Å². The Balaban J connectivity index is 2.40. The summed E-state index contributed by atoms with van der Waals surface area (Å²) in [5.41, 5.74) is 6.01. The number of benzene rings is 1. The van der Waals surface area contributed by atoms with Crippen LogP contribution in [0.3, 0.4) is 0 Å². The molecule has 1 aromatic carbocycles. The Morgan fingerprint density at radius 1 is 1.29 bits per heavy atom. The Morgan fingerprint density at radius 2 is 2.00 bits per heavy atom. The minimum absolute atomic E-state index is 0.0266. The first kappa shape index (κ1) is 15.7. The molecular weight excluding hydrogens is 367 g/mol. The number of thiocarbonyl (C=S) groups is 1. The van der Waals surface area contributed by atoms with Crippen molar-refractivity contribution in [1.82, 2.24) is 4.98 Å². The van der Waals surface area contributed by atoms with Crippen LogP contribution < -0.4 is 11.1 Å². The average molecular weight is 376 g/mol. The van der Waals surface area contributed by atoms with E-state index in [1.807, 2.05) is 0 Å². The predicted octanol–water partition coefficient (Wildman–Crippen LogP) is 4.24. The molecule has 1 heterocycles. The number of nitrogens with one attached hydrogen (secondary N) is 1. The van der Waals surface area contributed by atoms with Gasteiger partial charge in [0.15, 0.2) is 0 Å². The van der Waals surface area contributed by atoms with E-state index in [9.17, 15) is 13.2 Å². The van der Waals surface area contributed by atoms with Crippen LogP contribution in [0.5, 0.6) is 0 Å². The van der Waals surface area contributed by atoms with Gasteiger partial charge in [0.25, 0.3) is 0 Å². The highest BCUT2D eigenvalue weighted by Crippen LogP contribution is 2.37. The van der Waals surface area contributed by atoms with Crippen LogP contribution in [0.15, 0.2) is 41.1 Å². The maximum Gasteiger partial charge on any atom is 0.417 e. The minimum Gasteiger partial charge on any atom is -0.389 e. The Morgan fingerprint density at radius 3 is 2.62 bits per heavy atom. The van der Waals surface area contributed by atoms with Gasteiger partial charge in [-0.05, 0) is 24.3 Å². The molecular formula is C13H9BrF3N3S. The second-order valence-corrected chi connectivity index (χ2v) is 5.40. The highest BCUT2D eigenvalue weighted by Gasteiger charge is 2.33. The molecule has 0 fully saturated rings. The maximum absolute atomic E-state index is 12.9. The third-order valence-electron chi connectivity index (χ3n) is 2.64. The predicted molar refractivity (Wildman–Crippen MR) is 82.6 cm³/mol. The molecule has 0 radical (unpaired) electrons. The molecule has 0 bridgehead atoms. The van der Waals surface area contributed by atoms with Gasteiger partial charge < -0.3 is 11.1 Å². The smallest absolute Gasteiger partial charge is 0.389 e. The lowest BCUT2D eigenvalue weighted by Gasteiger charge is -2.14. The molecule has 0 aliphatic heterocycles. The summed E-state index contributed by atoms with van der Waals surface area (Å²) in [6.45, 7) is 0. The molecule has 0 unspecified atom stereocenters. The number of nitrogens with zero attached hydrogens (tertiary/aromatic N) is 1. The largest absolute Gasteiger partial charge is 0.417 e. The molecule has 0 saturated carbocycles. The number of halogens is 4. The molecule has 0 saturated heterocycles. The summed E-state index contributed by atoms with van der Waals surface area (Å²) in [6, 6.07) is 5.42. The number of anilines is 2. The highest BCUT2D eigenvalue weighted by molar-refractivity contribution is 9.10. The van der Waals surface area contributed by atoms with Crippen LogP contribution in [0, 0.1) is 0 Å². The summed E-state index contributed by atoms with van der Waals surface area (Å²) < 4.78 is 38.6. The van der Waals surface area contributed by atoms with Crippen LogP contribution in [-0.4, -0.2) is 9.97 Å². The van der Waals surface area contributed by atoms with Gasteiger partial charge >= 0.3 is 6.18 Å². The fraction of sp³-hybridized carbons (Fsp3) is 0.0769. The first-order valence-corrected chi connectivity index (χ1v) is 6.87. The SMILES string of the molecule is NC(=S)c1ccncc1Nc1ccc(Br)c(C(F)(F)F)c1. The summed E-state index contributed by atoms with van der Waals surface area (Å²) in [4.78, 5) is 4.04. The molecule has 2 aromatic rings. The van der Waals surface area contributed by atoms with Crippen molar-refractivity contribution in [2.24, 2.45) is 5.73 Å². The number of nitrogens with two attached hydrogens (primary N) is 1. The van der Waals surface area contributed by atoms with E-state index in [0.29, 0.717) is 11.3 Å². The summed E-state index contributed by atoms with van der Waals surface area (Å²) in [5.74, 6) is 0. The lowest BCUT2D eigenvalue weighted by atomic mass is 10.1. The van der Waals surface area contributed by atoms with Gasteiger partial charge in [0.05, 0.1) is 17.4 Å². The van der Waals surface area contributed by atoms with Crippen molar-refractivity contribution in [2.45, 2.75) is 6.18 Å². The van der Waals surface area contributed by atoms with Gasteiger partial charge in [-0.25, -0.2) is 0 Å². The zero-order valence-electron chi connectivity index (χ0n) is 10.4. The number of hydrogen-bond acceptors (Lipinski definition) is 3. The Labute approximate surface area is 132 Å². The molecule has 0 aliphatic rings. The zero-order valence-corrected chi connectivity index (χ0v) is 12.8. The molecule has 0 aliphatic carbocycles. The van der Waals surface area contributed by atoms with Gasteiger partial charge in [-0.3, -0.25) is 4.98 Å². The highest BCUT2D eigenvalue weighted by atomic mass is 79.9. The summed E-state index contributed by atoms with van der Waals surface area (Å²) >= 11 is 7.78. The number of alkyl halides is 3. The Hall–Kier alpha value is -1.67. The molecule has 8 heteroatoms. The van der Waals surface area contributed by atoms with Crippen molar-refractivity contribution in [3.05, 3.63) is 52.3 Å². The van der Waals surface area contributed by atoms with Crippen LogP contribution in [0.4, 0.5) is 24.5 Å². The summed E-state index contributed by atoms with van der Waals surface area (Å²) in [5, 5.41) is 2.84. The normalized spacial score (nSPS) is 11.2. The van der Waals surface area contributed by atoms with E-state index in [-0.39, 0.29) is 15.1 Å². The van der Waals surface area contributed by atoms with Gasteiger partial charge in [0, 0.05) is 21.9 Å². The molecule has 3 nitrogen and oxygen atoms in total. The molecule has 21 heavy (non-hydrogen) atoms. The van der Waals surface area contributed by atoms with E-state index in [2.05, 4.69) is 26.2 Å². The fourth-order valence-corrected chi connectivity index (χ4v) is 2.33. The monoisotopic (exact) mass is 375 g/mol. The lowest BCUT2D eigenvalue weighted by Crippen LogP contribution is -2.12. The van der Waals surface area contributed by atoms with Gasteiger partial charge in [0.2, 0.25) is 0 Å². The van der Waals surface area contributed by atoms with Gasteiger partial charge in [-0.1, -0.05) is 28.1 Å². The average Bonchev–Trinajstić information content (AvgIpc) is 2.40. The van der Waals surface area contributed by atoms with E-state index in [1.165, 1.54) is 24.5 Å². The third-order valence-corrected chi connectivity index (χ3v) is 3.55. The topological polar surface area (TPSA) is 50.9 Å². The molecule has 0 atom stereocenters. The maximum atomic E-state index is 12.9. The Kier molecular flexibility index (Phi) is 4.48. The zero-order chi connectivity index (χ0) is 15.6. The quantitative estimate of drug-likeness (QED) is 0.787. The third kappa shape index (κ3) is 3.70. The standard InChI is InChI=1S/C13H9BrF3N3S/c14-10-2-1-7(5-9(10)13(15,16)17)20-11-6-19-4-3-8(11)12(18)21/h1-6,20H,(H2,18,21). The van der Waals surface area contributed by atoms with E-state index >= 15 is 0 Å². The molecule has 3 N–H and O–H groups in total. The van der Waals surface area contributed by atoms with E-state index in [0.717, 1.165) is 6.07 Å². The van der Waals surface area contributed by atoms with Crippen LogP contribution >= 0.6 is 28.1 Å². The number of pyridine rings is 1. The van der Waals surface area contributed by atoms with Crippen molar-refractivity contribution < 1.29 is 13.2 Å². The minimum atomic E-state index is -4.45. The fourth-order valence-electron chi connectivity index (χ4n) is 1.68. The first-order chi connectivity index (χ1) is 9.79. The van der Waals surface area contributed by atoms with Crippen LogP contribution in [0.25, 0.3) is 0 Å². The van der Waals surface area contributed by atoms with E-state index in [1.54, 1.807) is 6.07 Å². The first-order valence-electron chi connectivity index (χ1n) is 5.66. The lowest BCUT2D eigenvalue weighted by molar-refractivity contribution is -0.138. The second kappa shape index (κ2) is 5.98. The molecule has 1 aromatic heterocycles. The van der Waals surface area contributed by atoms with E-state index < -0.39 is 11.7 Å². The van der Waals surface area contributed by atoms with Crippen LogP contribution in [0.2, 0.25) is 0 Å². The van der Waals surface area contributed by atoms with Crippen LogP contribution in [-0.2, 0) is 6.18 Å². The van der Waals surface area contributed by atoms with Crippen molar-refractivity contribution in [2.75, 3.05) is 5.32 Å². The number of hydrogen-bond donors (Lipinski definition) is 2. The summed E-state index contributed by atoms with van der Waals surface area (Å²) in [7, 11) is 0. The molecule has 2 rings (SSSR count). The van der Waals surface area contributed by atoms with Gasteiger partial charge in [-0.2, -0.15) is 13.2 Å². The van der Waals surface area contributed by atoms with Crippen molar-refractivity contribution in [3.8, 4) is 0 Å². The van der Waals surface area contributed by atoms with Crippen molar-refractivity contribution in [1.29, 1.82) is 0 Å². The van der Waals surface area contributed by atoms with Gasteiger partial charge in [0.1, 0.15) is 4.99 Å². The van der Waals surface area contributed by atoms with E-state index in [4.69, 9.17) is 18.0 Å². The second-order valence-electron chi connectivity index (χ2n) is 4.10. The molecule has 0 amide bonds. The summed E-state index contributed by atoms with van der Waals surface area (Å²) in [6.07, 6.45) is -1.50. The van der Waals surface area contributed by atoms with Crippen molar-refractivity contribution >= 4 is 44.5 Å². The number of aromatic nitrogens is 1. The van der Waals surface area contributed by atoms with Crippen molar-refractivity contribution in [3.63, 3.8) is 0 Å². The molecule has 0 spiro atoms.